The topological polar surface area (TPSA) is 205 Å². The van der Waals surface area contributed by atoms with Crippen LogP contribution in [0.25, 0.3) is 0 Å². The zero-order valence-corrected chi connectivity index (χ0v) is 29.1. The summed E-state index contributed by atoms with van der Waals surface area (Å²) in [5, 5.41) is 40.7. The van der Waals surface area contributed by atoms with Crippen LogP contribution in [0.2, 0.25) is 5.02 Å². The maximum atomic E-state index is 14.3. The third kappa shape index (κ3) is 6.83. The number of benzene rings is 2. The van der Waals surface area contributed by atoms with Crippen molar-refractivity contribution >= 4 is 52.4 Å². The number of aromatic nitrogens is 2. The minimum atomic E-state index is -2.02. The van der Waals surface area contributed by atoms with Crippen molar-refractivity contribution in [3.8, 4) is 17.2 Å². The molecule has 3 aromatic rings. The summed E-state index contributed by atoms with van der Waals surface area (Å²) in [4.78, 5) is 54.7. The van der Waals surface area contributed by atoms with E-state index >= 15 is 0 Å². The molecule has 4 N–H and O–H groups in total. The molecule has 0 fully saturated rings. The summed E-state index contributed by atoms with van der Waals surface area (Å²) in [6, 6.07) is 8.60. The first-order valence-corrected chi connectivity index (χ1v) is 17.0. The first kappa shape index (κ1) is 36.5. The number of allylic oxidation sites excluding steroid dienone is 1. The second kappa shape index (κ2) is 15.0. The van der Waals surface area contributed by atoms with Gasteiger partial charge >= 0.3 is 0 Å². The number of hydrogen-bond acceptors (Lipinski definition) is 13. The number of aliphatic hydroxyl groups is 1. The van der Waals surface area contributed by atoms with Gasteiger partial charge in [0, 0.05) is 54.3 Å². The normalized spacial score (nSPS) is 18.8. The predicted molar refractivity (Wildman–Crippen MR) is 182 cm³/mol. The van der Waals surface area contributed by atoms with Gasteiger partial charge in [-0.05, 0) is 24.0 Å². The lowest BCUT2D eigenvalue weighted by Gasteiger charge is -2.38. The van der Waals surface area contributed by atoms with Gasteiger partial charge in [0.1, 0.15) is 28.6 Å². The number of anilines is 1. The highest BCUT2D eigenvalue weighted by atomic mass is 35.5. The fourth-order valence-corrected chi connectivity index (χ4v) is 6.84. The molecule has 266 valence electrons. The molecule has 0 saturated heterocycles. The van der Waals surface area contributed by atoms with Crippen molar-refractivity contribution in [2.45, 2.75) is 42.7 Å². The molecule has 50 heavy (non-hydrogen) atoms. The average Bonchev–Trinajstić information content (AvgIpc) is 3.69. The fraction of sp³-hybridized carbons (Fsp3) is 0.364. The Balaban J connectivity index is 1.40. The molecule has 0 radical (unpaired) electrons. The first-order valence-electron chi connectivity index (χ1n) is 15.4. The number of methoxy groups -OCH3 is 2. The van der Waals surface area contributed by atoms with Gasteiger partial charge in [-0.3, -0.25) is 29.1 Å². The van der Waals surface area contributed by atoms with E-state index in [2.05, 4.69) is 15.7 Å². The Morgan fingerprint density at radius 1 is 1.18 bits per heavy atom. The highest BCUT2D eigenvalue weighted by Crippen LogP contribution is 2.55. The van der Waals surface area contributed by atoms with E-state index in [1.807, 2.05) is 18.4 Å². The average molecular weight is 729 g/mol. The Bertz CT molecular complexity index is 1850. The number of carbonyl (C=O) groups excluding carboxylic acids is 4. The van der Waals surface area contributed by atoms with Gasteiger partial charge in [0.15, 0.2) is 17.3 Å². The van der Waals surface area contributed by atoms with E-state index in [0.717, 1.165) is 15.8 Å². The van der Waals surface area contributed by atoms with Crippen molar-refractivity contribution in [3.05, 3.63) is 75.4 Å². The zero-order chi connectivity index (χ0) is 36.3. The van der Waals surface area contributed by atoms with Gasteiger partial charge in [-0.25, -0.2) is 0 Å². The predicted octanol–water partition coefficient (Wildman–Crippen LogP) is 3.81. The van der Waals surface area contributed by atoms with Gasteiger partial charge in [-0.2, -0.15) is 5.10 Å². The van der Waals surface area contributed by atoms with Crippen molar-refractivity contribution in [2.75, 3.05) is 38.8 Å². The van der Waals surface area contributed by atoms with E-state index in [1.165, 1.54) is 38.2 Å². The largest absolute Gasteiger partial charge is 0.733 e. The van der Waals surface area contributed by atoms with Crippen LogP contribution in [0.5, 0.6) is 17.2 Å². The summed E-state index contributed by atoms with van der Waals surface area (Å²) < 4.78 is 18.2. The summed E-state index contributed by atoms with van der Waals surface area (Å²) in [6.45, 7) is 1.45. The van der Waals surface area contributed by atoms with Gasteiger partial charge in [0.2, 0.25) is 23.2 Å². The van der Waals surface area contributed by atoms with Crippen LogP contribution in [0.4, 0.5) is 5.69 Å². The van der Waals surface area contributed by atoms with Gasteiger partial charge in [0.25, 0.3) is 0 Å². The Morgan fingerprint density at radius 2 is 1.84 bits per heavy atom. The van der Waals surface area contributed by atoms with Gasteiger partial charge in [-0.1, -0.05) is 30.7 Å². The number of ether oxygens (including phenoxy) is 3. The van der Waals surface area contributed by atoms with Crippen LogP contribution in [-0.2, 0) is 20.9 Å². The lowest BCUT2D eigenvalue weighted by molar-refractivity contribution is -0.123. The van der Waals surface area contributed by atoms with E-state index in [4.69, 9.17) is 31.0 Å². The summed E-state index contributed by atoms with van der Waals surface area (Å²) >= 11 is 8.07. The van der Waals surface area contributed by atoms with Gasteiger partial charge in [0.05, 0.1) is 32.3 Å². The maximum Gasteiger partial charge on any atom is 0.241 e. The summed E-state index contributed by atoms with van der Waals surface area (Å²) in [6.07, 6.45) is 3.72. The van der Waals surface area contributed by atoms with Crippen LogP contribution in [-0.4, -0.2) is 82.6 Å². The second-order valence-electron chi connectivity index (χ2n) is 11.7. The van der Waals surface area contributed by atoms with Crippen LogP contribution in [0.15, 0.2) is 59.0 Å². The number of halogens is 1. The molecule has 3 atom stereocenters. The lowest BCUT2D eigenvalue weighted by Crippen LogP contribution is -2.53. The molecule has 2 aliphatic rings. The number of thioether (sulfide) groups is 1. The van der Waals surface area contributed by atoms with Crippen molar-refractivity contribution in [1.82, 2.24) is 20.4 Å². The van der Waals surface area contributed by atoms with E-state index in [-0.39, 0.29) is 76.8 Å². The SMILES string of the molecule is COc1cc(OC)c2c(c1Cl)OC1(C2=O)C(O)=C(C(CC(=O)NCCNC(=O)Cn2cc(N([O-])O)cn2)c2ccc(SC)cc2)C(=O)CC1C. The number of aliphatic hydroxyl groups excluding tert-OH is 1. The Morgan fingerprint density at radius 3 is 2.44 bits per heavy atom. The van der Waals surface area contributed by atoms with E-state index in [1.54, 1.807) is 19.1 Å². The number of nitrogens with one attached hydrogen (secondary N) is 2. The lowest BCUT2D eigenvalue weighted by atomic mass is 9.69. The van der Waals surface area contributed by atoms with Crippen molar-refractivity contribution in [2.24, 2.45) is 5.92 Å². The van der Waals surface area contributed by atoms with Crippen LogP contribution >= 0.6 is 23.4 Å². The Kier molecular flexibility index (Phi) is 11.0. The third-order valence-electron chi connectivity index (χ3n) is 8.68. The molecule has 2 amide bonds. The number of ketones is 2. The number of rotatable bonds is 13. The Labute approximate surface area is 296 Å². The molecule has 1 aliphatic carbocycles. The van der Waals surface area contributed by atoms with Gasteiger partial charge < -0.3 is 40.4 Å². The zero-order valence-electron chi connectivity index (χ0n) is 27.5. The van der Waals surface area contributed by atoms with Crippen LogP contribution in [0.3, 0.4) is 0 Å². The highest BCUT2D eigenvalue weighted by molar-refractivity contribution is 7.98. The minimum Gasteiger partial charge on any atom is -0.733 e. The summed E-state index contributed by atoms with van der Waals surface area (Å²) in [5.74, 6) is -4.21. The summed E-state index contributed by atoms with van der Waals surface area (Å²) in [7, 11) is 2.76. The summed E-state index contributed by atoms with van der Waals surface area (Å²) in [5.41, 5.74) is -1.75. The molecule has 15 nitrogen and oxygen atoms in total. The number of Topliss-reactive ketones (excluding diaryl/α,β-unsaturated/α-hetero) is 2. The standard InChI is InChI=1S/C33H35ClN5O10S/c1-17-11-22(40)27(31(43)33(17)32(44)28-23(47-2)13-24(48-3)29(34)30(28)49-33)21(18-5-7-20(50-4)8-6-18)12-25(41)35-9-10-36-26(42)16-38-15-19(14-37-38)39(45)46/h5-8,13-15,17,21,43,45H,9-12,16H2,1-4H3,(H,35,41)(H,36,42)/q-1. The maximum absolute atomic E-state index is 14.3. The van der Waals surface area contributed by atoms with Crippen LogP contribution in [0.1, 0.15) is 41.6 Å². The molecule has 3 unspecified atom stereocenters. The smallest absolute Gasteiger partial charge is 0.241 e. The number of fused-ring (bicyclic) bond motifs is 1. The van der Waals surface area contributed by atoms with E-state index in [9.17, 15) is 29.5 Å². The minimum absolute atomic E-state index is 0.000153. The van der Waals surface area contributed by atoms with E-state index < -0.39 is 46.6 Å². The molecule has 0 bridgehead atoms. The first-order chi connectivity index (χ1) is 23.9. The fourth-order valence-electron chi connectivity index (χ4n) is 6.16. The molecule has 1 aliphatic heterocycles. The molecule has 2 heterocycles. The number of nitrogens with zero attached hydrogens (tertiary/aromatic N) is 3. The van der Waals surface area contributed by atoms with Crippen molar-refractivity contribution < 1.29 is 43.7 Å². The highest BCUT2D eigenvalue weighted by Gasteiger charge is 2.61. The molecular weight excluding hydrogens is 694 g/mol. The quantitative estimate of drug-likeness (QED) is 0.112. The van der Waals surface area contributed by atoms with Gasteiger partial charge in [-0.15, -0.1) is 11.8 Å². The number of hydrogen-bond donors (Lipinski definition) is 4. The van der Waals surface area contributed by atoms with Crippen LogP contribution < -0.4 is 30.1 Å². The molecule has 5 rings (SSSR count). The van der Waals surface area contributed by atoms with Crippen molar-refractivity contribution in [3.63, 3.8) is 0 Å². The van der Waals surface area contributed by atoms with Crippen LogP contribution in [0, 0.1) is 11.1 Å². The molecule has 2 aromatic carbocycles. The molecule has 17 heteroatoms. The molecule has 1 spiro atoms. The molecule has 1 aromatic heterocycles. The number of carbonyl (C=O) groups is 4. The Hall–Kier alpha value is -4.77. The molecular formula is C33H35ClN5O10S-. The second-order valence-corrected chi connectivity index (χ2v) is 12.9. The monoisotopic (exact) mass is 728 g/mol. The third-order valence-corrected chi connectivity index (χ3v) is 9.78. The van der Waals surface area contributed by atoms with E-state index in [0.29, 0.717) is 5.56 Å². The number of amides is 2. The van der Waals surface area contributed by atoms with Crippen molar-refractivity contribution in [1.29, 1.82) is 0 Å². The molecule has 0 saturated carbocycles.